The predicted molar refractivity (Wildman–Crippen MR) is 82.7 cm³/mol. The summed E-state index contributed by atoms with van der Waals surface area (Å²) in [4.78, 5) is 29.7. The maximum absolute atomic E-state index is 11.8. The molecule has 108 valence electrons. The van der Waals surface area contributed by atoms with E-state index in [1.54, 1.807) is 11.8 Å². The highest BCUT2D eigenvalue weighted by Gasteiger charge is 2.53. The summed E-state index contributed by atoms with van der Waals surface area (Å²) >= 11 is 4.53. The molecule has 6 nitrogen and oxygen atoms in total. The fourth-order valence-electron chi connectivity index (χ4n) is 2.26. The van der Waals surface area contributed by atoms with Gasteiger partial charge in [0.25, 0.3) is 0 Å². The van der Waals surface area contributed by atoms with Crippen molar-refractivity contribution in [3.05, 3.63) is 10.6 Å². The molecular weight excluding hydrogens is 318 g/mol. The number of carboxylic acids is 1. The zero-order valence-electron chi connectivity index (χ0n) is 10.6. The van der Waals surface area contributed by atoms with Crippen LogP contribution in [0.15, 0.2) is 15.6 Å². The molecule has 0 aromatic carbocycles. The molecular formula is C11H13N3O3S3. The van der Waals surface area contributed by atoms with Crippen LogP contribution in [0.2, 0.25) is 0 Å². The van der Waals surface area contributed by atoms with Gasteiger partial charge in [0.05, 0.1) is 6.54 Å². The standard InChI is InChI=1S/C11H13N3O3S3/c1-4-7(20-11-13-2-3-18-11)6(10(16)17)14-8(15)5(12)9(14)19-4/h4-5,9H,2-3,12H2,1H3,(H,16,17)/t4?,5?,9-/m1/s1. The smallest absolute Gasteiger partial charge is 0.353 e. The number of amides is 1. The van der Waals surface area contributed by atoms with Crippen molar-refractivity contribution in [1.29, 1.82) is 0 Å². The van der Waals surface area contributed by atoms with Crippen LogP contribution < -0.4 is 5.73 Å². The number of nitrogens with two attached hydrogens (primary N) is 1. The number of carbonyl (C=O) groups excluding carboxylic acids is 1. The van der Waals surface area contributed by atoms with Crippen LogP contribution in [-0.4, -0.2) is 55.2 Å². The normalized spacial score (nSPS) is 32.9. The third-order valence-corrected chi connectivity index (χ3v) is 7.24. The number of nitrogens with zero attached hydrogens (tertiary/aromatic N) is 2. The molecule has 3 rings (SSSR count). The van der Waals surface area contributed by atoms with Crippen molar-refractivity contribution in [2.24, 2.45) is 10.7 Å². The van der Waals surface area contributed by atoms with Gasteiger partial charge in [-0.3, -0.25) is 14.7 Å². The molecule has 3 heterocycles. The second kappa shape index (κ2) is 5.28. The van der Waals surface area contributed by atoms with Crippen molar-refractivity contribution in [2.75, 3.05) is 12.3 Å². The first-order valence-corrected chi connectivity index (χ1v) is 8.82. The van der Waals surface area contributed by atoms with Gasteiger partial charge in [-0.1, -0.05) is 23.5 Å². The van der Waals surface area contributed by atoms with E-state index in [9.17, 15) is 14.7 Å². The molecule has 2 unspecified atom stereocenters. The second-order valence-corrected chi connectivity index (χ2v) is 8.35. The zero-order valence-corrected chi connectivity index (χ0v) is 13.1. The Morgan fingerprint density at radius 2 is 2.35 bits per heavy atom. The molecule has 3 aliphatic heterocycles. The number of aliphatic carboxylic acids is 1. The number of rotatable bonds is 2. The van der Waals surface area contributed by atoms with E-state index in [1.807, 2.05) is 6.92 Å². The van der Waals surface area contributed by atoms with Crippen LogP contribution in [0.5, 0.6) is 0 Å². The molecule has 3 N–H and O–H groups in total. The zero-order chi connectivity index (χ0) is 14.4. The van der Waals surface area contributed by atoms with E-state index in [-0.39, 0.29) is 22.2 Å². The monoisotopic (exact) mass is 331 g/mol. The van der Waals surface area contributed by atoms with E-state index in [0.717, 1.165) is 16.7 Å². The van der Waals surface area contributed by atoms with E-state index >= 15 is 0 Å². The van der Waals surface area contributed by atoms with Crippen molar-refractivity contribution in [3.8, 4) is 0 Å². The molecule has 20 heavy (non-hydrogen) atoms. The van der Waals surface area contributed by atoms with Gasteiger partial charge >= 0.3 is 5.97 Å². The van der Waals surface area contributed by atoms with E-state index in [4.69, 9.17) is 5.73 Å². The largest absolute Gasteiger partial charge is 0.477 e. The summed E-state index contributed by atoms with van der Waals surface area (Å²) in [5.74, 6) is -0.463. The van der Waals surface area contributed by atoms with Crippen LogP contribution in [0.3, 0.4) is 0 Å². The SMILES string of the molecule is CC1S[C@@H]2C(N)C(=O)N2C(C(=O)O)=C1SC1=NCCS1. The van der Waals surface area contributed by atoms with Gasteiger partial charge < -0.3 is 10.8 Å². The first-order chi connectivity index (χ1) is 9.50. The minimum absolute atomic E-state index is 0.00426. The Kier molecular flexibility index (Phi) is 3.78. The maximum atomic E-state index is 11.8. The summed E-state index contributed by atoms with van der Waals surface area (Å²) in [5, 5.41) is 9.20. The highest BCUT2D eigenvalue weighted by molar-refractivity contribution is 8.40. The first kappa shape index (κ1) is 14.3. The molecule has 1 fully saturated rings. The molecule has 0 spiro atoms. The molecule has 0 aromatic rings. The van der Waals surface area contributed by atoms with Gasteiger partial charge in [-0.15, -0.1) is 11.8 Å². The summed E-state index contributed by atoms with van der Waals surface area (Å²) in [5.41, 5.74) is 5.83. The highest BCUT2D eigenvalue weighted by Crippen LogP contribution is 2.48. The van der Waals surface area contributed by atoms with Gasteiger partial charge in [0.15, 0.2) is 0 Å². The third kappa shape index (κ3) is 2.16. The Labute approximate surface area is 128 Å². The molecule has 1 saturated heterocycles. The third-order valence-electron chi connectivity index (χ3n) is 3.23. The number of hydrogen-bond donors (Lipinski definition) is 2. The maximum Gasteiger partial charge on any atom is 0.353 e. The second-order valence-electron chi connectivity index (χ2n) is 4.52. The van der Waals surface area contributed by atoms with Crippen LogP contribution in [0, 0.1) is 0 Å². The van der Waals surface area contributed by atoms with E-state index in [1.165, 1.54) is 28.4 Å². The molecule has 0 radical (unpaired) electrons. The van der Waals surface area contributed by atoms with E-state index < -0.39 is 12.0 Å². The number of aliphatic imine (C=N–C) groups is 1. The van der Waals surface area contributed by atoms with Crippen molar-refractivity contribution in [2.45, 2.75) is 23.6 Å². The Balaban J connectivity index is 1.97. The van der Waals surface area contributed by atoms with Crippen molar-refractivity contribution in [1.82, 2.24) is 4.90 Å². The van der Waals surface area contributed by atoms with E-state index in [2.05, 4.69) is 4.99 Å². The number of hydrogen-bond acceptors (Lipinski definition) is 7. The van der Waals surface area contributed by atoms with Crippen molar-refractivity contribution >= 4 is 51.5 Å². The lowest BCUT2D eigenvalue weighted by molar-refractivity contribution is -0.147. The van der Waals surface area contributed by atoms with Crippen LogP contribution in [0.25, 0.3) is 0 Å². The molecule has 0 aliphatic carbocycles. The number of carbonyl (C=O) groups is 2. The van der Waals surface area contributed by atoms with Crippen LogP contribution in [-0.2, 0) is 9.59 Å². The Morgan fingerprint density at radius 3 is 2.95 bits per heavy atom. The Bertz CT molecular complexity index is 548. The minimum Gasteiger partial charge on any atom is -0.477 e. The number of fused-ring (bicyclic) bond motifs is 1. The van der Waals surface area contributed by atoms with Gasteiger partial charge in [0.2, 0.25) is 5.91 Å². The summed E-state index contributed by atoms with van der Waals surface area (Å²) < 4.78 is 0.877. The topological polar surface area (TPSA) is 96.0 Å². The van der Waals surface area contributed by atoms with Crippen molar-refractivity contribution < 1.29 is 14.7 Å². The number of β-lactam (4-membered cyclic amide) rings is 1. The van der Waals surface area contributed by atoms with Gasteiger partial charge in [-0.25, -0.2) is 4.79 Å². The lowest BCUT2D eigenvalue weighted by Gasteiger charge is -2.49. The highest BCUT2D eigenvalue weighted by atomic mass is 32.2. The van der Waals surface area contributed by atoms with Crippen LogP contribution in [0.1, 0.15) is 6.92 Å². The van der Waals surface area contributed by atoms with E-state index in [0.29, 0.717) is 4.91 Å². The Hall–Kier alpha value is -0.640. The molecule has 9 heteroatoms. The van der Waals surface area contributed by atoms with Gasteiger partial charge in [-0.05, 0) is 6.92 Å². The van der Waals surface area contributed by atoms with Crippen molar-refractivity contribution in [3.63, 3.8) is 0 Å². The predicted octanol–water partition coefficient (Wildman–Crippen LogP) is 0.750. The molecule has 3 atom stereocenters. The summed E-state index contributed by atoms with van der Waals surface area (Å²) in [6.45, 7) is 2.71. The molecule has 1 amide bonds. The first-order valence-electron chi connectivity index (χ1n) is 6.07. The quantitative estimate of drug-likeness (QED) is 0.721. The summed E-state index contributed by atoms with van der Waals surface area (Å²) in [7, 11) is 0. The fourth-order valence-corrected chi connectivity index (χ4v) is 5.93. The molecule has 3 aliphatic rings. The number of carboxylic acid groups (broad SMARTS) is 1. The average Bonchev–Trinajstić information content (AvgIpc) is 2.92. The summed E-state index contributed by atoms with van der Waals surface area (Å²) in [6.07, 6.45) is 0. The minimum atomic E-state index is -1.08. The van der Waals surface area contributed by atoms with Crippen LogP contribution in [0.4, 0.5) is 0 Å². The lowest BCUT2D eigenvalue weighted by atomic mass is 10.1. The average molecular weight is 331 g/mol. The summed E-state index contributed by atoms with van der Waals surface area (Å²) in [6, 6.07) is -0.596. The lowest BCUT2D eigenvalue weighted by Crippen LogP contribution is -2.68. The Morgan fingerprint density at radius 1 is 1.60 bits per heavy atom. The fraction of sp³-hybridized carbons (Fsp3) is 0.545. The number of thioether (sulfide) groups is 3. The van der Waals surface area contributed by atoms with Gasteiger partial charge in [0, 0.05) is 15.9 Å². The van der Waals surface area contributed by atoms with Crippen LogP contribution >= 0.6 is 35.3 Å². The molecule has 0 bridgehead atoms. The van der Waals surface area contributed by atoms with Gasteiger partial charge in [-0.2, -0.15) is 0 Å². The molecule has 0 aromatic heterocycles. The van der Waals surface area contributed by atoms with Gasteiger partial charge in [0.1, 0.15) is 21.5 Å². The molecule has 0 saturated carbocycles.